The van der Waals surface area contributed by atoms with Gasteiger partial charge >= 0.3 is 0 Å². The van der Waals surface area contributed by atoms with Crippen LogP contribution in [0.3, 0.4) is 0 Å². The minimum Gasteiger partial charge on any atom is -0.345 e. The Morgan fingerprint density at radius 3 is 2.72 bits per heavy atom. The van der Waals surface area contributed by atoms with Crippen LogP contribution in [0.25, 0.3) is 10.9 Å². The maximum atomic E-state index is 13.1. The van der Waals surface area contributed by atoms with Gasteiger partial charge in [0.15, 0.2) is 11.6 Å². The van der Waals surface area contributed by atoms with Gasteiger partial charge in [0.05, 0.1) is 33.9 Å². The number of nitrogens with zero attached hydrogens (tertiary/aromatic N) is 5. The summed E-state index contributed by atoms with van der Waals surface area (Å²) in [7, 11) is 0. The van der Waals surface area contributed by atoms with Gasteiger partial charge in [-0.2, -0.15) is 5.10 Å². The summed E-state index contributed by atoms with van der Waals surface area (Å²) in [6.45, 7) is 2.36. The lowest BCUT2D eigenvalue weighted by Gasteiger charge is -2.42. The van der Waals surface area contributed by atoms with E-state index >= 15 is 0 Å². The van der Waals surface area contributed by atoms with Crippen molar-refractivity contribution in [2.24, 2.45) is 0 Å². The highest BCUT2D eigenvalue weighted by Crippen LogP contribution is 2.48. The van der Waals surface area contributed by atoms with E-state index in [2.05, 4.69) is 30.0 Å². The van der Waals surface area contributed by atoms with Crippen molar-refractivity contribution < 1.29 is 4.39 Å². The fraction of sp³-hybridized carbons (Fsp3) is 0.353. The minimum absolute atomic E-state index is 0.0251. The molecule has 6 nitrogen and oxygen atoms in total. The zero-order chi connectivity index (χ0) is 17.0. The van der Waals surface area contributed by atoms with E-state index in [4.69, 9.17) is 11.6 Å². The lowest BCUT2D eigenvalue weighted by atomic mass is 10.1. The Morgan fingerprint density at radius 2 is 1.96 bits per heavy atom. The molecule has 3 heterocycles. The lowest BCUT2D eigenvalue weighted by Crippen LogP contribution is -2.56. The van der Waals surface area contributed by atoms with Gasteiger partial charge < -0.3 is 9.80 Å². The summed E-state index contributed by atoms with van der Waals surface area (Å²) in [6, 6.07) is 5.80. The first-order valence-corrected chi connectivity index (χ1v) is 8.67. The van der Waals surface area contributed by atoms with Gasteiger partial charge in [0, 0.05) is 19.6 Å². The van der Waals surface area contributed by atoms with Crippen molar-refractivity contribution in [3.63, 3.8) is 0 Å². The monoisotopic (exact) mass is 358 g/mol. The van der Waals surface area contributed by atoms with E-state index in [1.807, 2.05) is 18.2 Å². The molecule has 0 radical (unpaired) electrons. The Kier molecular flexibility index (Phi) is 3.15. The molecule has 1 spiro atoms. The maximum absolute atomic E-state index is 13.1. The van der Waals surface area contributed by atoms with E-state index in [-0.39, 0.29) is 5.54 Å². The molecule has 1 aromatic carbocycles. The van der Waals surface area contributed by atoms with Gasteiger partial charge in [-0.05, 0) is 25.0 Å². The van der Waals surface area contributed by atoms with E-state index in [1.165, 1.54) is 12.4 Å². The number of rotatable bonds is 2. The van der Waals surface area contributed by atoms with E-state index < -0.39 is 5.82 Å². The van der Waals surface area contributed by atoms with Gasteiger partial charge in [-0.15, -0.1) is 0 Å². The fourth-order valence-corrected chi connectivity index (χ4v) is 3.99. The molecule has 2 fully saturated rings. The first-order chi connectivity index (χ1) is 12.2. The predicted octanol–water partition coefficient (Wildman–Crippen LogP) is 3.00. The number of benzene rings is 1. The van der Waals surface area contributed by atoms with Crippen molar-refractivity contribution in [1.29, 1.82) is 0 Å². The number of aromatic amines is 1. The summed E-state index contributed by atoms with van der Waals surface area (Å²) >= 11 is 6.42. The summed E-state index contributed by atoms with van der Waals surface area (Å²) in [4.78, 5) is 12.7. The predicted molar refractivity (Wildman–Crippen MR) is 94.6 cm³/mol. The zero-order valence-corrected chi connectivity index (χ0v) is 14.2. The van der Waals surface area contributed by atoms with Crippen molar-refractivity contribution in [3.05, 3.63) is 41.4 Å². The number of hydrogen-bond acceptors (Lipinski definition) is 5. The molecule has 5 rings (SSSR count). The smallest absolute Gasteiger partial charge is 0.225 e. The number of H-pyrrole nitrogens is 1. The van der Waals surface area contributed by atoms with Gasteiger partial charge in [0.25, 0.3) is 0 Å². The lowest BCUT2D eigenvalue weighted by molar-refractivity contribution is 0.498. The second-order valence-electron chi connectivity index (χ2n) is 6.71. The van der Waals surface area contributed by atoms with Crippen LogP contribution in [0.2, 0.25) is 5.02 Å². The summed E-state index contributed by atoms with van der Waals surface area (Å²) < 4.78 is 13.1. The van der Waals surface area contributed by atoms with Gasteiger partial charge in [-0.25, -0.2) is 14.4 Å². The summed E-state index contributed by atoms with van der Waals surface area (Å²) in [5.41, 5.74) is 0.972. The molecular formula is C17H16ClFN6. The number of halogens is 2. The highest BCUT2D eigenvalue weighted by Gasteiger charge is 2.52. The summed E-state index contributed by atoms with van der Waals surface area (Å²) in [5.74, 6) is 1.08. The standard InChI is InChI=1S/C17H16ClFN6/c18-12-2-1-3-13-14(12)15(23-22-13)25-7-6-24(10-17(25)4-5-17)16-20-8-11(19)9-21-16/h1-3,8-9H,4-7,10H2,(H,22,23). The molecule has 1 saturated heterocycles. The van der Waals surface area contributed by atoms with Gasteiger partial charge in [-0.3, -0.25) is 5.10 Å². The number of nitrogens with one attached hydrogen (secondary N) is 1. The third kappa shape index (κ3) is 2.33. The van der Waals surface area contributed by atoms with Crippen molar-refractivity contribution >= 4 is 34.3 Å². The molecule has 0 bridgehead atoms. The van der Waals surface area contributed by atoms with Crippen LogP contribution in [-0.2, 0) is 0 Å². The topological polar surface area (TPSA) is 60.9 Å². The van der Waals surface area contributed by atoms with Crippen LogP contribution in [0.15, 0.2) is 30.6 Å². The molecule has 1 N–H and O–H groups in total. The highest BCUT2D eigenvalue weighted by molar-refractivity contribution is 6.36. The van der Waals surface area contributed by atoms with Crippen LogP contribution in [-0.4, -0.2) is 45.3 Å². The molecule has 1 aliphatic heterocycles. The maximum Gasteiger partial charge on any atom is 0.225 e. The fourth-order valence-electron chi connectivity index (χ4n) is 3.73. The number of fused-ring (bicyclic) bond motifs is 1. The van der Waals surface area contributed by atoms with Gasteiger partial charge in [0.2, 0.25) is 5.95 Å². The Labute approximate surface area is 148 Å². The minimum atomic E-state index is -0.416. The molecule has 0 atom stereocenters. The van der Waals surface area contributed by atoms with Gasteiger partial charge in [0.1, 0.15) is 0 Å². The largest absolute Gasteiger partial charge is 0.345 e. The molecule has 2 aliphatic rings. The van der Waals surface area contributed by atoms with Crippen LogP contribution in [0.5, 0.6) is 0 Å². The van der Waals surface area contributed by atoms with Gasteiger partial charge in [-0.1, -0.05) is 17.7 Å². The Morgan fingerprint density at radius 1 is 1.16 bits per heavy atom. The molecular weight excluding hydrogens is 343 g/mol. The molecule has 1 aliphatic carbocycles. The van der Waals surface area contributed by atoms with Crippen LogP contribution in [0, 0.1) is 5.82 Å². The molecule has 128 valence electrons. The van der Waals surface area contributed by atoms with Crippen molar-refractivity contribution in [2.75, 3.05) is 29.4 Å². The number of hydrogen-bond donors (Lipinski definition) is 1. The Hall–Kier alpha value is -2.41. The molecule has 8 heteroatoms. The van der Waals surface area contributed by atoms with Crippen molar-refractivity contribution in [1.82, 2.24) is 20.2 Å². The first kappa shape index (κ1) is 14.9. The van der Waals surface area contributed by atoms with Crippen LogP contribution in [0.4, 0.5) is 16.2 Å². The van der Waals surface area contributed by atoms with E-state index in [0.717, 1.165) is 49.2 Å². The first-order valence-electron chi connectivity index (χ1n) is 8.29. The Balaban J connectivity index is 1.48. The molecule has 2 aromatic heterocycles. The molecule has 0 amide bonds. The SMILES string of the molecule is Fc1cnc(N2CCN(c3n[nH]c4cccc(Cl)c34)C3(CC3)C2)nc1. The molecule has 0 unspecified atom stereocenters. The van der Waals surface area contributed by atoms with Crippen LogP contribution >= 0.6 is 11.6 Å². The molecule has 1 saturated carbocycles. The average Bonchev–Trinajstić information content (AvgIpc) is 3.23. The number of piperazine rings is 1. The van der Waals surface area contributed by atoms with E-state index in [0.29, 0.717) is 11.0 Å². The Bertz CT molecular complexity index is 936. The molecule has 3 aromatic rings. The second-order valence-corrected chi connectivity index (χ2v) is 7.12. The normalized spacial score (nSPS) is 19.0. The quantitative estimate of drug-likeness (QED) is 0.763. The summed E-state index contributed by atoms with van der Waals surface area (Å²) in [6.07, 6.45) is 4.61. The van der Waals surface area contributed by atoms with Crippen molar-refractivity contribution in [2.45, 2.75) is 18.4 Å². The number of aromatic nitrogens is 4. The molecule has 25 heavy (non-hydrogen) atoms. The second kappa shape index (κ2) is 5.29. The van der Waals surface area contributed by atoms with E-state index in [9.17, 15) is 4.39 Å². The number of anilines is 2. The van der Waals surface area contributed by atoms with E-state index in [1.54, 1.807) is 0 Å². The van der Waals surface area contributed by atoms with Crippen LogP contribution < -0.4 is 9.80 Å². The van der Waals surface area contributed by atoms with Crippen molar-refractivity contribution in [3.8, 4) is 0 Å². The average molecular weight is 359 g/mol. The third-order valence-corrected chi connectivity index (χ3v) is 5.46. The summed E-state index contributed by atoms with van der Waals surface area (Å²) in [5, 5.41) is 9.31. The highest BCUT2D eigenvalue weighted by atomic mass is 35.5. The van der Waals surface area contributed by atoms with Crippen LogP contribution in [0.1, 0.15) is 12.8 Å². The zero-order valence-electron chi connectivity index (χ0n) is 13.4. The third-order valence-electron chi connectivity index (χ3n) is 5.14.